The molecule has 1 heterocycles. The lowest BCUT2D eigenvalue weighted by molar-refractivity contribution is -0.149. The number of benzene rings is 2. The van der Waals surface area contributed by atoms with Gasteiger partial charge in [0, 0.05) is 6.54 Å². The summed E-state index contributed by atoms with van der Waals surface area (Å²) < 4.78 is 35.8. The van der Waals surface area contributed by atoms with Gasteiger partial charge in [-0.25, -0.2) is 13.4 Å². The number of nitrogens with zero attached hydrogens (tertiary/aromatic N) is 2. The molecule has 1 fully saturated rings. The van der Waals surface area contributed by atoms with Crippen LogP contribution >= 0.6 is 0 Å². The zero-order valence-corrected chi connectivity index (χ0v) is 18.6. The number of aryl methyl sites for hydroxylation is 1. The smallest absolute Gasteiger partial charge is 0.327 e. The average molecular weight is 442 g/mol. The second kappa shape index (κ2) is 8.43. The SMILES string of the molecule is COC(=O)C1(NS(=O)(=O)c2ccc(Cn3c(C)nc4ccccc43)cc2)CCCCC1. The molecule has 31 heavy (non-hydrogen) atoms. The summed E-state index contributed by atoms with van der Waals surface area (Å²) in [6, 6.07) is 14.7. The van der Waals surface area contributed by atoms with Crippen LogP contribution in [0.15, 0.2) is 53.4 Å². The highest BCUT2D eigenvalue weighted by Crippen LogP contribution is 2.31. The van der Waals surface area contributed by atoms with E-state index in [2.05, 4.69) is 14.3 Å². The molecule has 1 aliphatic rings. The van der Waals surface area contributed by atoms with Gasteiger partial charge in [-0.2, -0.15) is 4.72 Å². The molecule has 164 valence electrons. The Morgan fingerprint density at radius 2 is 1.77 bits per heavy atom. The third kappa shape index (κ3) is 4.22. The number of hydrogen-bond donors (Lipinski definition) is 1. The molecule has 0 saturated heterocycles. The highest BCUT2D eigenvalue weighted by atomic mass is 32.2. The highest BCUT2D eigenvalue weighted by Gasteiger charge is 2.44. The van der Waals surface area contributed by atoms with Crippen molar-refractivity contribution in [3.05, 3.63) is 59.9 Å². The zero-order valence-electron chi connectivity index (χ0n) is 17.8. The Bertz CT molecular complexity index is 1190. The van der Waals surface area contributed by atoms with Crippen molar-refractivity contribution >= 4 is 27.0 Å². The summed E-state index contributed by atoms with van der Waals surface area (Å²) in [7, 11) is -2.57. The van der Waals surface area contributed by atoms with Gasteiger partial charge in [0.1, 0.15) is 11.4 Å². The van der Waals surface area contributed by atoms with Crippen LogP contribution in [-0.4, -0.2) is 36.6 Å². The van der Waals surface area contributed by atoms with Gasteiger partial charge in [-0.1, -0.05) is 43.5 Å². The minimum absolute atomic E-state index is 0.136. The number of ether oxygens (including phenoxy) is 1. The number of sulfonamides is 1. The number of carbonyl (C=O) groups excluding carboxylic acids is 1. The van der Waals surface area contributed by atoms with Gasteiger partial charge in [0.25, 0.3) is 0 Å². The Hall–Kier alpha value is -2.71. The molecule has 1 aliphatic carbocycles. The van der Waals surface area contributed by atoms with Crippen molar-refractivity contribution < 1.29 is 17.9 Å². The number of methoxy groups -OCH3 is 1. The maximum atomic E-state index is 13.0. The molecule has 4 rings (SSSR count). The van der Waals surface area contributed by atoms with Crippen molar-refractivity contribution in [2.45, 2.75) is 56.0 Å². The topological polar surface area (TPSA) is 90.3 Å². The second-order valence-electron chi connectivity index (χ2n) is 8.12. The summed E-state index contributed by atoms with van der Waals surface area (Å²) in [4.78, 5) is 17.1. The van der Waals surface area contributed by atoms with E-state index in [9.17, 15) is 13.2 Å². The first-order valence-corrected chi connectivity index (χ1v) is 12.0. The standard InChI is InChI=1S/C23H27N3O4S/c1-17-24-20-8-4-5-9-21(20)26(17)16-18-10-12-19(13-11-18)31(28,29)25-23(22(27)30-2)14-6-3-7-15-23/h4-5,8-13,25H,3,6-7,14-16H2,1-2H3. The minimum atomic E-state index is -3.87. The number of aromatic nitrogens is 2. The number of esters is 1. The highest BCUT2D eigenvalue weighted by molar-refractivity contribution is 7.89. The van der Waals surface area contributed by atoms with Crippen LogP contribution in [-0.2, 0) is 26.1 Å². The van der Waals surface area contributed by atoms with Gasteiger partial charge < -0.3 is 9.30 Å². The summed E-state index contributed by atoms with van der Waals surface area (Å²) in [5, 5.41) is 0. The van der Waals surface area contributed by atoms with Crippen LogP contribution in [0.4, 0.5) is 0 Å². The summed E-state index contributed by atoms with van der Waals surface area (Å²) in [6.45, 7) is 2.55. The van der Waals surface area contributed by atoms with Crippen molar-refractivity contribution in [1.82, 2.24) is 14.3 Å². The van der Waals surface area contributed by atoms with Gasteiger partial charge >= 0.3 is 5.97 Å². The van der Waals surface area contributed by atoms with Crippen LogP contribution < -0.4 is 4.72 Å². The fraction of sp³-hybridized carbons (Fsp3) is 0.391. The van der Waals surface area contributed by atoms with E-state index < -0.39 is 21.5 Å². The predicted octanol–water partition coefficient (Wildman–Crippen LogP) is 3.55. The lowest BCUT2D eigenvalue weighted by Crippen LogP contribution is -2.55. The van der Waals surface area contributed by atoms with Gasteiger partial charge in [0.05, 0.1) is 23.0 Å². The van der Waals surface area contributed by atoms with E-state index in [1.165, 1.54) is 7.11 Å². The first-order valence-electron chi connectivity index (χ1n) is 10.5. The number of imidazole rings is 1. The summed E-state index contributed by atoms with van der Waals surface area (Å²) >= 11 is 0. The fourth-order valence-corrected chi connectivity index (χ4v) is 5.78. The van der Waals surface area contributed by atoms with Crippen LogP contribution in [0.5, 0.6) is 0 Å². The van der Waals surface area contributed by atoms with Gasteiger partial charge in [-0.15, -0.1) is 0 Å². The lowest BCUT2D eigenvalue weighted by Gasteiger charge is -2.34. The van der Waals surface area contributed by atoms with Gasteiger partial charge in [-0.3, -0.25) is 4.79 Å². The molecular weight excluding hydrogens is 414 g/mol. The second-order valence-corrected chi connectivity index (χ2v) is 9.80. The van der Waals surface area contributed by atoms with Crippen LogP contribution in [0.1, 0.15) is 43.5 Å². The molecule has 3 aromatic rings. The summed E-state index contributed by atoms with van der Waals surface area (Å²) in [5.41, 5.74) is 1.75. The summed E-state index contributed by atoms with van der Waals surface area (Å²) in [5.74, 6) is 0.381. The molecular formula is C23H27N3O4S. The van der Waals surface area contributed by atoms with Crippen LogP contribution in [0.3, 0.4) is 0 Å². The Balaban J connectivity index is 1.56. The molecule has 1 aromatic heterocycles. The molecule has 2 aromatic carbocycles. The molecule has 0 atom stereocenters. The number of hydrogen-bond acceptors (Lipinski definition) is 5. The average Bonchev–Trinajstić information content (AvgIpc) is 3.09. The van der Waals surface area contributed by atoms with E-state index in [0.717, 1.165) is 41.7 Å². The Morgan fingerprint density at radius 3 is 2.45 bits per heavy atom. The Kier molecular flexibility index (Phi) is 5.85. The van der Waals surface area contributed by atoms with E-state index in [4.69, 9.17) is 4.74 Å². The van der Waals surface area contributed by atoms with E-state index >= 15 is 0 Å². The number of para-hydroxylation sites is 2. The maximum absolute atomic E-state index is 13.0. The number of rotatable bonds is 6. The van der Waals surface area contributed by atoms with Crippen LogP contribution in [0, 0.1) is 6.92 Å². The minimum Gasteiger partial charge on any atom is -0.468 e. The van der Waals surface area contributed by atoms with Gasteiger partial charge in [0.2, 0.25) is 10.0 Å². The van der Waals surface area contributed by atoms with Gasteiger partial charge in [0.15, 0.2) is 0 Å². The third-order valence-electron chi connectivity index (χ3n) is 6.03. The van der Waals surface area contributed by atoms with E-state index in [-0.39, 0.29) is 4.90 Å². The summed E-state index contributed by atoms with van der Waals surface area (Å²) in [6.07, 6.45) is 3.45. The molecule has 7 nitrogen and oxygen atoms in total. The quantitative estimate of drug-likeness (QED) is 0.591. The van der Waals surface area contributed by atoms with Crippen molar-refractivity contribution in [3.8, 4) is 0 Å². The molecule has 0 spiro atoms. The van der Waals surface area contributed by atoms with E-state index in [0.29, 0.717) is 19.4 Å². The molecule has 0 amide bonds. The fourth-order valence-electron chi connectivity index (χ4n) is 4.37. The van der Waals surface area contributed by atoms with Crippen molar-refractivity contribution in [2.75, 3.05) is 7.11 Å². The maximum Gasteiger partial charge on any atom is 0.327 e. The van der Waals surface area contributed by atoms with Crippen molar-refractivity contribution in [1.29, 1.82) is 0 Å². The Morgan fingerprint density at radius 1 is 1.10 bits per heavy atom. The van der Waals surface area contributed by atoms with Crippen molar-refractivity contribution in [3.63, 3.8) is 0 Å². The largest absolute Gasteiger partial charge is 0.468 e. The Labute approximate surface area is 182 Å². The molecule has 1 N–H and O–H groups in total. The number of fused-ring (bicyclic) bond motifs is 1. The first-order chi connectivity index (χ1) is 14.8. The third-order valence-corrected chi connectivity index (χ3v) is 7.58. The molecule has 0 radical (unpaired) electrons. The van der Waals surface area contributed by atoms with Crippen LogP contribution in [0.25, 0.3) is 11.0 Å². The molecule has 0 aliphatic heterocycles. The monoisotopic (exact) mass is 441 g/mol. The normalized spacial score (nSPS) is 16.3. The van der Waals surface area contributed by atoms with E-state index in [1.54, 1.807) is 24.3 Å². The van der Waals surface area contributed by atoms with Gasteiger partial charge in [-0.05, 0) is 49.6 Å². The molecule has 0 unspecified atom stereocenters. The molecule has 8 heteroatoms. The van der Waals surface area contributed by atoms with Crippen molar-refractivity contribution in [2.24, 2.45) is 0 Å². The molecule has 0 bridgehead atoms. The lowest BCUT2D eigenvalue weighted by atomic mass is 9.83. The number of nitrogens with one attached hydrogen (secondary N) is 1. The number of carbonyl (C=O) groups is 1. The molecule has 1 saturated carbocycles. The van der Waals surface area contributed by atoms with E-state index in [1.807, 2.05) is 31.2 Å². The predicted molar refractivity (Wildman–Crippen MR) is 118 cm³/mol. The zero-order chi connectivity index (χ0) is 22.1. The first kappa shape index (κ1) is 21.5. The van der Waals surface area contributed by atoms with Crippen LogP contribution in [0.2, 0.25) is 0 Å².